The van der Waals surface area contributed by atoms with Gasteiger partial charge in [0.2, 0.25) is 10.0 Å². The van der Waals surface area contributed by atoms with Crippen molar-refractivity contribution < 1.29 is 18.3 Å². The zero-order chi connectivity index (χ0) is 17.1. The van der Waals surface area contributed by atoms with E-state index in [1.165, 1.54) is 18.2 Å². The lowest BCUT2D eigenvalue weighted by molar-refractivity contribution is 0.0697. The van der Waals surface area contributed by atoms with Crippen molar-refractivity contribution in [3.05, 3.63) is 23.8 Å². The first-order valence-corrected chi connectivity index (χ1v) is 8.56. The molecular formula is C15H24N2O4S. The number of carbonyl (C=O) groups is 1. The van der Waals surface area contributed by atoms with Crippen molar-refractivity contribution in [1.82, 2.24) is 4.72 Å². The number of hydrogen-bond acceptors (Lipinski definition) is 4. The predicted molar refractivity (Wildman–Crippen MR) is 86.8 cm³/mol. The molecule has 124 valence electrons. The van der Waals surface area contributed by atoms with E-state index in [9.17, 15) is 18.3 Å². The molecule has 0 aromatic heterocycles. The van der Waals surface area contributed by atoms with Gasteiger partial charge in [-0.25, -0.2) is 17.9 Å². The van der Waals surface area contributed by atoms with E-state index < -0.39 is 21.5 Å². The van der Waals surface area contributed by atoms with Gasteiger partial charge in [-0.1, -0.05) is 13.8 Å². The second-order valence-electron chi connectivity index (χ2n) is 6.64. The lowest BCUT2D eigenvalue weighted by atomic mass is 10.1. The van der Waals surface area contributed by atoms with Crippen LogP contribution in [0.1, 0.15) is 45.0 Å². The van der Waals surface area contributed by atoms with Crippen LogP contribution in [0.2, 0.25) is 0 Å². The molecule has 0 radical (unpaired) electrons. The first kappa shape index (κ1) is 18.4. The summed E-state index contributed by atoms with van der Waals surface area (Å²) in [5.41, 5.74) is -0.287. The van der Waals surface area contributed by atoms with Crippen molar-refractivity contribution in [1.29, 1.82) is 0 Å². The Morgan fingerprint density at radius 1 is 1.27 bits per heavy atom. The van der Waals surface area contributed by atoms with E-state index in [1.807, 2.05) is 13.8 Å². The first-order valence-electron chi connectivity index (χ1n) is 7.07. The largest absolute Gasteiger partial charge is 0.478 e. The summed E-state index contributed by atoms with van der Waals surface area (Å²) in [4.78, 5) is 11.3. The molecule has 0 atom stereocenters. The molecule has 0 unspecified atom stereocenters. The Hall–Kier alpha value is -1.60. The van der Waals surface area contributed by atoms with Gasteiger partial charge >= 0.3 is 5.97 Å². The Morgan fingerprint density at radius 3 is 2.32 bits per heavy atom. The summed E-state index contributed by atoms with van der Waals surface area (Å²) in [6.07, 6.45) is 0. The zero-order valence-corrected chi connectivity index (χ0v) is 14.4. The quantitative estimate of drug-likeness (QED) is 0.746. The monoisotopic (exact) mass is 328 g/mol. The van der Waals surface area contributed by atoms with E-state index in [0.717, 1.165) is 0 Å². The Labute approximate surface area is 132 Å². The summed E-state index contributed by atoms with van der Waals surface area (Å²) in [6, 6.07) is 4.07. The Balaban J connectivity index is 3.20. The van der Waals surface area contributed by atoms with Crippen molar-refractivity contribution >= 4 is 21.7 Å². The molecule has 0 saturated heterocycles. The third kappa shape index (κ3) is 5.31. The topological polar surface area (TPSA) is 95.5 Å². The minimum Gasteiger partial charge on any atom is -0.478 e. The van der Waals surface area contributed by atoms with Gasteiger partial charge in [0.25, 0.3) is 0 Å². The summed E-state index contributed by atoms with van der Waals surface area (Å²) in [7, 11) is -3.76. The number of carboxylic acid groups (broad SMARTS) is 1. The normalized spacial score (nSPS) is 12.5. The predicted octanol–water partition coefficient (Wildman–Crippen LogP) is 2.53. The number of aromatic carboxylic acids is 1. The smallest absolute Gasteiger partial charge is 0.337 e. The van der Waals surface area contributed by atoms with Crippen LogP contribution in [-0.2, 0) is 10.0 Å². The second kappa shape index (κ2) is 6.66. The van der Waals surface area contributed by atoms with Crippen LogP contribution in [0.25, 0.3) is 0 Å². The number of benzene rings is 1. The molecule has 0 amide bonds. The molecule has 0 saturated carbocycles. The number of nitrogens with one attached hydrogen (secondary N) is 2. The third-order valence-corrected chi connectivity index (χ3v) is 4.43. The number of sulfonamides is 1. The summed E-state index contributed by atoms with van der Waals surface area (Å²) < 4.78 is 27.1. The van der Waals surface area contributed by atoms with Crippen LogP contribution in [0.4, 0.5) is 5.69 Å². The molecule has 7 heteroatoms. The SMILES string of the molecule is CC(C)CNc1ccc(S(=O)(=O)NC(C)(C)C)cc1C(=O)O. The van der Waals surface area contributed by atoms with E-state index in [2.05, 4.69) is 10.0 Å². The molecule has 0 aliphatic heterocycles. The maximum absolute atomic E-state index is 12.3. The molecule has 3 N–H and O–H groups in total. The molecule has 0 heterocycles. The first-order chi connectivity index (χ1) is 9.92. The van der Waals surface area contributed by atoms with E-state index >= 15 is 0 Å². The van der Waals surface area contributed by atoms with Crippen molar-refractivity contribution in [3.63, 3.8) is 0 Å². The summed E-state index contributed by atoms with van der Waals surface area (Å²) in [5.74, 6) is -0.827. The standard InChI is InChI=1S/C15H24N2O4S/c1-10(2)9-16-13-7-6-11(8-12(13)14(18)19)22(20,21)17-15(3,4)5/h6-8,10,16-17H,9H2,1-5H3,(H,18,19). The van der Waals surface area contributed by atoms with E-state index in [1.54, 1.807) is 20.8 Å². The van der Waals surface area contributed by atoms with Crippen LogP contribution in [0, 0.1) is 5.92 Å². The van der Waals surface area contributed by atoms with Gasteiger partial charge in [-0.05, 0) is 44.9 Å². The number of anilines is 1. The summed E-state index contributed by atoms with van der Waals surface area (Å²) in [6.45, 7) is 9.77. The molecule has 6 nitrogen and oxygen atoms in total. The van der Waals surface area contributed by atoms with Crippen molar-refractivity contribution in [2.24, 2.45) is 5.92 Å². The average molecular weight is 328 g/mol. The van der Waals surface area contributed by atoms with Gasteiger partial charge < -0.3 is 10.4 Å². The highest BCUT2D eigenvalue weighted by atomic mass is 32.2. The lowest BCUT2D eigenvalue weighted by Crippen LogP contribution is -2.40. The van der Waals surface area contributed by atoms with Crippen LogP contribution < -0.4 is 10.0 Å². The maximum Gasteiger partial charge on any atom is 0.337 e. The van der Waals surface area contributed by atoms with Gasteiger partial charge in [0.15, 0.2) is 0 Å². The third-order valence-electron chi connectivity index (χ3n) is 2.67. The Kier molecular flexibility index (Phi) is 5.59. The van der Waals surface area contributed by atoms with Crippen LogP contribution in [-0.4, -0.2) is 31.6 Å². The fraction of sp³-hybridized carbons (Fsp3) is 0.533. The zero-order valence-electron chi connectivity index (χ0n) is 13.6. The van der Waals surface area contributed by atoms with Gasteiger partial charge in [0.05, 0.1) is 10.5 Å². The molecular weight excluding hydrogens is 304 g/mol. The second-order valence-corrected chi connectivity index (χ2v) is 8.33. The van der Waals surface area contributed by atoms with Gasteiger partial charge in [-0.2, -0.15) is 0 Å². The Bertz CT molecular complexity index is 646. The van der Waals surface area contributed by atoms with Crippen LogP contribution in [0.5, 0.6) is 0 Å². The highest BCUT2D eigenvalue weighted by molar-refractivity contribution is 7.89. The molecule has 0 spiro atoms. The van der Waals surface area contributed by atoms with Crippen LogP contribution in [0.3, 0.4) is 0 Å². The molecule has 1 rings (SSSR count). The molecule has 0 aliphatic rings. The average Bonchev–Trinajstić information content (AvgIpc) is 2.32. The van der Waals surface area contributed by atoms with Crippen molar-refractivity contribution in [2.45, 2.75) is 45.1 Å². The van der Waals surface area contributed by atoms with Gasteiger partial charge in [-0.15, -0.1) is 0 Å². The maximum atomic E-state index is 12.3. The van der Waals surface area contributed by atoms with E-state index in [-0.39, 0.29) is 10.5 Å². The Morgan fingerprint density at radius 2 is 1.86 bits per heavy atom. The summed E-state index contributed by atoms with van der Waals surface area (Å²) in [5, 5.41) is 12.3. The van der Waals surface area contributed by atoms with E-state index in [0.29, 0.717) is 18.2 Å². The van der Waals surface area contributed by atoms with Crippen LogP contribution >= 0.6 is 0 Å². The fourth-order valence-electron chi connectivity index (χ4n) is 1.80. The molecule has 0 aliphatic carbocycles. The fourth-order valence-corrected chi connectivity index (χ4v) is 3.24. The van der Waals surface area contributed by atoms with Gasteiger partial charge in [-0.3, -0.25) is 0 Å². The summed E-state index contributed by atoms with van der Waals surface area (Å²) >= 11 is 0. The van der Waals surface area contributed by atoms with Crippen molar-refractivity contribution in [2.75, 3.05) is 11.9 Å². The highest BCUT2D eigenvalue weighted by Crippen LogP contribution is 2.22. The number of hydrogen-bond donors (Lipinski definition) is 3. The molecule has 1 aromatic carbocycles. The van der Waals surface area contributed by atoms with Crippen LogP contribution in [0.15, 0.2) is 23.1 Å². The number of rotatable bonds is 6. The van der Waals surface area contributed by atoms with Gasteiger partial charge in [0, 0.05) is 17.8 Å². The number of carboxylic acids is 1. The molecule has 1 aromatic rings. The lowest BCUT2D eigenvalue weighted by Gasteiger charge is -2.21. The van der Waals surface area contributed by atoms with Crippen molar-refractivity contribution in [3.8, 4) is 0 Å². The minimum absolute atomic E-state index is 0.0579. The van der Waals surface area contributed by atoms with Gasteiger partial charge in [0.1, 0.15) is 0 Å². The highest BCUT2D eigenvalue weighted by Gasteiger charge is 2.24. The molecule has 0 bridgehead atoms. The minimum atomic E-state index is -3.76. The molecule has 22 heavy (non-hydrogen) atoms. The molecule has 0 fully saturated rings. The van der Waals surface area contributed by atoms with E-state index in [4.69, 9.17) is 0 Å².